The van der Waals surface area contributed by atoms with E-state index >= 15 is 0 Å². The molecular formula is C24H33N3O9. The second kappa shape index (κ2) is 13.4. The van der Waals surface area contributed by atoms with Gasteiger partial charge in [0.15, 0.2) is 6.10 Å². The van der Waals surface area contributed by atoms with E-state index < -0.39 is 47.7 Å². The van der Waals surface area contributed by atoms with Crippen molar-refractivity contribution in [1.29, 1.82) is 0 Å². The van der Waals surface area contributed by atoms with Gasteiger partial charge in [0, 0.05) is 19.4 Å². The van der Waals surface area contributed by atoms with Crippen molar-refractivity contribution in [2.24, 2.45) is 0 Å². The van der Waals surface area contributed by atoms with Crippen LogP contribution in [0.3, 0.4) is 0 Å². The average molecular weight is 508 g/mol. The Morgan fingerprint density at radius 1 is 1.03 bits per heavy atom. The van der Waals surface area contributed by atoms with Crippen molar-refractivity contribution >= 4 is 30.0 Å². The molecule has 1 saturated heterocycles. The first-order valence-electron chi connectivity index (χ1n) is 11.7. The molecule has 1 aromatic rings. The summed E-state index contributed by atoms with van der Waals surface area (Å²) in [7, 11) is 0. The summed E-state index contributed by atoms with van der Waals surface area (Å²) < 4.78 is 10.3. The quantitative estimate of drug-likeness (QED) is 0.300. The Morgan fingerprint density at radius 3 is 2.28 bits per heavy atom. The molecule has 1 aliphatic rings. The third kappa shape index (κ3) is 9.90. The van der Waals surface area contributed by atoms with Crippen molar-refractivity contribution in [3.05, 3.63) is 35.9 Å². The molecule has 1 aromatic carbocycles. The molecule has 0 spiro atoms. The molecule has 1 unspecified atom stereocenters. The zero-order chi connectivity index (χ0) is 26.7. The number of carbonyl (C=O) groups is 5. The smallest absolute Gasteiger partial charge is 0.407 e. The second-order valence-electron chi connectivity index (χ2n) is 9.17. The number of amides is 4. The van der Waals surface area contributed by atoms with E-state index in [4.69, 9.17) is 14.3 Å². The van der Waals surface area contributed by atoms with Gasteiger partial charge in [0.2, 0.25) is 0 Å². The van der Waals surface area contributed by atoms with Crippen LogP contribution in [0.1, 0.15) is 58.4 Å². The Labute approximate surface area is 209 Å². The minimum atomic E-state index is -1.88. The largest absolute Gasteiger partial charge is 0.445 e. The van der Waals surface area contributed by atoms with E-state index in [2.05, 4.69) is 10.6 Å². The number of aliphatic hydroxyl groups is 1. The molecule has 4 amide bonds. The van der Waals surface area contributed by atoms with Crippen LogP contribution < -0.4 is 10.6 Å². The molecule has 12 heteroatoms. The first-order valence-corrected chi connectivity index (χ1v) is 11.7. The Kier molecular flexibility index (Phi) is 10.7. The first kappa shape index (κ1) is 28.6. The topological polar surface area (TPSA) is 161 Å². The number of nitrogens with zero attached hydrogens (tertiary/aromatic N) is 1. The lowest BCUT2D eigenvalue weighted by atomic mass is 10.0. The van der Waals surface area contributed by atoms with Gasteiger partial charge in [-0.1, -0.05) is 30.3 Å². The lowest BCUT2D eigenvalue weighted by molar-refractivity contribution is -0.204. The number of alkyl carbamates (subject to hydrolysis) is 2. The number of carbonyl (C=O) groups excluding carboxylic acids is 5. The predicted molar refractivity (Wildman–Crippen MR) is 125 cm³/mol. The predicted octanol–water partition coefficient (Wildman–Crippen LogP) is 1.94. The number of nitrogens with one attached hydrogen (secondary N) is 2. The number of imide groups is 1. The lowest BCUT2D eigenvalue weighted by Crippen LogP contribution is -2.49. The number of hydrogen-bond acceptors (Lipinski definition) is 9. The zero-order valence-corrected chi connectivity index (χ0v) is 20.7. The van der Waals surface area contributed by atoms with Gasteiger partial charge >= 0.3 is 18.2 Å². The minimum absolute atomic E-state index is 0.0312. The van der Waals surface area contributed by atoms with E-state index in [-0.39, 0.29) is 32.4 Å². The fraction of sp³-hybridized carbons (Fsp3) is 0.542. The summed E-state index contributed by atoms with van der Waals surface area (Å²) in [5, 5.41) is 15.9. The molecule has 0 radical (unpaired) electrons. The number of rotatable bonds is 11. The number of hydroxylamine groups is 2. The Hall–Kier alpha value is -3.67. The SMILES string of the molecule is CC(C)(C)OC(=O)NCCCC[C@H](NC(=O)OCc1ccccc1)C(O)C(=O)ON1C(=O)CCC1=O. The number of unbranched alkanes of at least 4 members (excludes halogenated alkanes) is 1. The van der Waals surface area contributed by atoms with Gasteiger partial charge in [-0.2, -0.15) is 0 Å². The van der Waals surface area contributed by atoms with Crippen molar-refractivity contribution < 1.29 is 43.4 Å². The molecule has 0 aliphatic carbocycles. The van der Waals surface area contributed by atoms with E-state index in [0.29, 0.717) is 17.9 Å². The van der Waals surface area contributed by atoms with Crippen molar-refractivity contribution in [2.45, 2.75) is 77.2 Å². The Bertz CT molecular complexity index is 915. The van der Waals surface area contributed by atoms with Crippen molar-refractivity contribution in [3.8, 4) is 0 Å². The van der Waals surface area contributed by atoms with Gasteiger partial charge in [0.05, 0.1) is 6.04 Å². The van der Waals surface area contributed by atoms with Crippen LogP contribution in [-0.2, 0) is 35.3 Å². The summed E-state index contributed by atoms with van der Waals surface area (Å²) in [6, 6.07) is 7.76. The van der Waals surface area contributed by atoms with Crippen LogP contribution in [0.2, 0.25) is 0 Å². The normalized spacial score (nSPS) is 15.2. The van der Waals surface area contributed by atoms with Gasteiger partial charge in [0.1, 0.15) is 12.2 Å². The van der Waals surface area contributed by atoms with Gasteiger partial charge in [0.25, 0.3) is 11.8 Å². The van der Waals surface area contributed by atoms with Gasteiger partial charge in [-0.3, -0.25) is 9.59 Å². The lowest BCUT2D eigenvalue weighted by Gasteiger charge is -2.24. The Balaban J connectivity index is 1.91. The highest BCUT2D eigenvalue weighted by Crippen LogP contribution is 2.15. The molecule has 198 valence electrons. The van der Waals surface area contributed by atoms with Crippen molar-refractivity contribution in [2.75, 3.05) is 6.54 Å². The van der Waals surface area contributed by atoms with Gasteiger partial charge in [-0.05, 0) is 45.6 Å². The third-order valence-electron chi connectivity index (χ3n) is 4.94. The van der Waals surface area contributed by atoms with Crippen LogP contribution >= 0.6 is 0 Å². The van der Waals surface area contributed by atoms with Crippen LogP contribution in [0.5, 0.6) is 0 Å². The van der Waals surface area contributed by atoms with Crippen LogP contribution in [0.15, 0.2) is 30.3 Å². The molecule has 0 aromatic heterocycles. The van der Waals surface area contributed by atoms with Crippen molar-refractivity contribution in [1.82, 2.24) is 15.7 Å². The van der Waals surface area contributed by atoms with Crippen molar-refractivity contribution in [3.63, 3.8) is 0 Å². The van der Waals surface area contributed by atoms with Gasteiger partial charge in [-0.15, -0.1) is 5.06 Å². The second-order valence-corrected chi connectivity index (χ2v) is 9.17. The fourth-order valence-electron chi connectivity index (χ4n) is 3.19. The van der Waals surface area contributed by atoms with Crippen LogP contribution in [0.25, 0.3) is 0 Å². The summed E-state index contributed by atoms with van der Waals surface area (Å²) in [6.45, 7) is 5.45. The highest BCUT2D eigenvalue weighted by molar-refractivity contribution is 6.01. The molecule has 36 heavy (non-hydrogen) atoms. The molecule has 0 bridgehead atoms. The number of aliphatic hydroxyl groups excluding tert-OH is 1. The highest BCUT2D eigenvalue weighted by Gasteiger charge is 2.37. The number of hydrogen-bond donors (Lipinski definition) is 3. The number of benzene rings is 1. The molecule has 1 heterocycles. The monoisotopic (exact) mass is 507 g/mol. The maximum atomic E-state index is 12.4. The molecule has 1 aliphatic heterocycles. The third-order valence-corrected chi connectivity index (χ3v) is 4.94. The standard InChI is InChI=1S/C24H33N3O9/c1-24(2,3)35-22(32)25-14-8-7-11-17(26-23(33)34-15-16-9-5-4-6-10-16)20(30)21(31)36-27-18(28)12-13-19(27)29/h4-6,9-10,17,20,30H,7-8,11-15H2,1-3H3,(H,25,32)(H,26,33)/t17-,20?/m0/s1. The molecule has 12 nitrogen and oxygen atoms in total. The van der Waals surface area contributed by atoms with Crippen LogP contribution in [0, 0.1) is 0 Å². The fourth-order valence-corrected chi connectivity index (χ4v) is 3.19. The maximum Gasteiger partial charge on any atom is 0.407 e. The summed E-state index contributed by atoms with van der Waals surface area (Å²) in [5.41, 5.74) is 0.102. The van der Waals surface area contributed by atoms with E-state index in [1.807, 2.05) is 6.07 Å². The van der Waals surface area contributed by atoms with E-state index in [9.17, 15) is 29.1 Å². The molecule has 2 atom stereocenters. The Morgan fingerprint density at radius 2 is 1.67 bits per heavy atom. The minimum Gasteiger partial charge on any atom is -0.445 e. The van der Waals surface area contributed by atoms with Crippen LogP contribution in [0.4, 0.5) is 9.59 Å². The van der Waals surface area contributed by atoms with E-state index in [0.717, 1.165) is 5.56 Å². The summed E-state index contributed by atoms with van der Waals surface area (Å²) in [6.07, 6.45) is -2.60. The highest BCUT2D eigenvalue weighted by atomic mass is 16.7. The molecule has 3 N–H and O–H groups in total. The molecular weight excluding hydrogens is 474 g/mol. The zero-order valence-electron chi connectivity index (χ0n) is 20.7. The summed E-state index contributed by atoms with van der Waals surface area (Å²) >= 11 is 0. The maximum absolute atomic E-state index is 12.4. The average Bonchev–Trinajstić information content (AvgIpc) is 3.12. The molecule has 1 fully saturated rings. The summed E-state index contributed by atoms with van der Waals surface area (Å²) in [5.74, 6) is -2.65. The first-order chi connectivity index (χ1) is 17.0. The summed E-state index contributed by atoms with van der Waals surface area (Å²) in [4.78, 5) is 64.7. The molecule has 0 saturated carbocycles. The van der Waals surface area contributed by atoms with E-state index in [1.54, 1.807) is 45.0 Å². The van der Waals surface area contributed by atoms with Gasteiger partial charge < -0.3 is 30.1 Å². The van der Waals surface area contributed by atoms with E-state index in [1.165, 1.54) is 0 Å². The molecule has 2 rings (SSSR count). The van der Waals surface area contributed by atoms with Crippen LogP contribution in [-0.4, -0.2) is 64.4 Å². The number of ether oxygens (including phenoxy) is 2. The van der Waals surface area contributed by atoms with Gasteiger partial charge in [-0.25, -0.2) is 14.4 Å².